The summed E-state index contributed by atoms with van der Waals surface area (Å²) in [5.74, 6) is -0.866. The highest BCUT2D eigenvalue weighted by molar-refractivity contribution is 5.75. The van der Waals surface area contributed by atoms with E-state index in [1.807, 2.05) is 20.8 Å². The Balaban J connectivity index is 4.31. The number of carbonyl (C=O) groups is 1. The summed E-state index contributed by atoms with van der Waals surface area (Å²) in [5, 5.41) is 21.8. The molecule has 0 saturated heterocycles. The Labute approximate surface area is 103 Å². The average Bonchev–Trinajstić information content (AvgIpc) is 2.23. The molecule has 0 radical (unpaired) electrons. The summed E-state index contributed by atoms with van der Waals surface area (Å²) in [6.45, 7) is 9.94. The van der Waals surface area contributed by atoms with Gasteiger partial charge in [-0.25, -0.2) is 0 Å². The highest BCUT2D eigenvalue weighted by atomic mass is 16.5. The predicted molar refractivity (Wildman–Crippen MR) is 66.0 cm³/mol. The number of aliphatic hydroxyl groups is 1. The molecule has 1 atom stereocenters. The van der Waals surface area contributed by atoms with Crippen molar-refractivity contribution >= 4 is 5.97 Å². The van der Waals surface area contributed by atoms with Crippen molar-refractivity contribution < 1.29 is 19.7 Å². The zero-order valence-corrected chi connectivity index (χ0v) is 11.4. The summed E-state index contributed by atoms with van der Waals surface area (Å²) >= 11 is 0. The minimum atomic E-state index is -0.918. The van der Waals surface area contributed by atoms with Crippen molar-refractivity contribution in [1.82, 2.24) is 5.32 Å². The van der Waals surface area contributed by atoms with Crippen LogP contribution in [0.5, 0.6) is 0 Å². The minimum Gasteiger partial charge on any atom is -0.481 e. The number of carboxylic acid groups (broad SMARTS) is 1. The molecule has 0 spiro atoms. The van der Waals surface area contributed by atoms with Crippen LogP contribution in [0.15, 0.2) is 0 Å². The van der Waals surface area contributed by atoms with Gasteiger partial charge in [-0.2, -0.15) is 0 Å². The number of hydrogen-bond acceptors (Lipinski definition) is 4. The smallest absolute Gasteiger partial charge is 0.310 e. The van der Waals surface area contributed by atoms with Crippen molar-refractivity contribution in [3.63, 3.8) is 0 Å². The first kappa shape index (κ1) is 16.4. The molecule has 0 amide bonds. The van der Waals surface area contributed by atoms with Crippen LogP contribution in [0.3, 0.4) is 0 Å². The Kier molecular flexibility index (Phi) is 6.09. The van der Waals surface area contributed by atoms with E-state index in [9.17, 15) is 9.90 Å². The Hall–Kier alpha value is -0.650. The molecule has 0 saturated carbocycles. The average molecular weight is 247 g/mol. The number of β-amino-alcohol motifs (C(OH)–C–C–N with tert-alkyl or cyclic N) is 1. The van der Waals surface area contributed by atoms with Gasteiger partial charge in [0.15, 0.2) is 0 Å². The Morgan fingerprint density at radius 3 is 2.29 bits per heavy atom. The van der Waals surface area contributed by atoms with Crippen molar-refractivity contribution in [2.24, 2.45) is 5.41 Å². The van der Waals surface area contributed by atoms with Crippen LogP contribution in [0.2, 0.25) is 0 Å². The van der Waals surface area contributed by atoms with Gasteiger partial charge in [-0.1, -0.05) is 0 Å². The van der Waals surface area contributed by atoms with Crippen LogP contribution in [-0.4, -0.2) is 47.6 Å². The van der Waals surface area contributed by atoms with E-state index in [0.717, 1.165) is 0 Å². The summed E-state index contributed by atoms with van der Waals surface area (Å²) in [7, 11) is 0. The molecule has 0 aliphatic carbocycles. The van der Waals surface area contributed by atoms with Crippen LogP contribution in [0, 0.1) is 5.41 Å². The van der Waals surface area contributed by atoms with Gasteiger partial charge in [0.25, 0.3) is 0 Å². The fourth-order valence-corrected chi connectivity index (χ4v) is 1.17. The summed E-state index contributed by atoms with van der Waals surface area (Å²) < 4.78 is 5.09. The standard InChI is InChI=1S/C12H25NO4/c1-6-17-8-9(14)7-13-12(4,5)11(2,3)10(15)16/h9,13-14H,6-8H2,1-5H3,(H,15,16). The quantitative estimate of drug-likeness (QED) is 0.593. The molecule has 0 aliphatic heterocycles. The van der Waals surface area contributed by atoms with Crippen LogP contribution in [-0.2, 0) is 9.53 Å². The zero-order valence-electron chi connectivity index (χ0n) is 11.4. The molecule has 0 aliphatic rings. The lowest BCUT2D eigenvalue weighted by Crippen LogP contribution is -2.56. The first-order valence-electron chi connectivity index (χ1n) is 5.89. The topological polar surface area (TPSA) is 78.8 Å². The Morgan fingerprint density at radius 1 is 1.35 bits per heavy atom. The lowest BCUT2D eigenvalue weighted by molar-refractivity contribution is -0.151. The van der Waals surface area contributed by atoms with Crippen LogP contribution in [0.4, 0.5) is 0 Å². The maximum Gasteiger partial charge on any atom is 0.310 e. The van der Waals surface area contributed by atoms with E-state index in [1.165, 1.54) is 0 Å². The number of carboxylic acids is 1. The Morgan fingerprint density at radius 2 is 1.88 bits per heavy atom. The van der Waals surface area contributed by atoms with Gasteiger partial charge in [0, 0.05) is 18.7 Å². The molecular weight excluding hydrogens is 222 g/mol. The molecule has 0 rings (SSSR count). The number of hydrogen-bond donors (Lipinski definition) is 3. The van der Waals surface area contributed by atoms with E-state index in [2.05, 4.69) is 5.32 Å². The normalized spacial score (nSPS) is 14.7. The van der Waals surface area contributed by atoms with Crippen LogP contribution >= 0.6 is 0 Å². The molecule has 3 N–H and O–H groups in total. The summed E-state index contributed by atoms with van der Waals surface area (Å²) in [5.41, 5.74) is -1.54. The SMILES string of the molecule is CCOCC(O)CNC(C)(C)C(C)(C)C(=O)O. The van der Waals surface area contributed by atoms with Crippen molar-refractivity contribution in [1.29, 1.82) is 0 Å². The number of nitrogens with one attached hydrogen (secondary N) is 1. The molecule has 0 heterocycles. The second kappa shape index (κ2) is 6.33. The molecule has 17 heavy (non-hydrogen) atoms. The zero-order chi connectivity index (χ0) is 13.7. The summed E-state index contributed by atoms with van der Waals surface area (Å²) in [6, 6.07) is 0. The molecule has 0 bridgehead atoms. The molecule has 102 valence electrons. The molecule has 5 heteroatoms. The van der Waals surface area contributed by atoms with Crippen LogP contribution < -0.4 is 5.32 Å². The Bertz CT molecular complexity index is 251. The van der Waals surface area contributed by atoms with E-state index in [-0.39, 0.29) is 6.61 Å². The molecule has 0 aromatic carbocycles. The molecular formula is C12H25NO4. The molecule has 1 unspecified atom stereocenters. The van der Waals surface area contributed by atoms with E-state index < -0.39 is 23.0 Å². The first-order valence-corrected chi connectivity index (χ1v) is 5.89. The number of ether oxygens (including phenoxy) is 1. The fourth-order valence-electron chi connectivity index (χ4n) is 1.17. The monoisotopic (exact) mass is 247 g/mol. The van der Waals surface area contributed by atoms with E-state index in [0.29, 0.717) is 13.2 Å². The van der Waals surface area contributed by atoms with Gasteiger partial charge >= 0.3 is 5.97 Å². The first-order chi connectivity index (χ1) is 7.65. The summed E-state index contributed by atoms with van der Waals surface area (Å²) in [6.07, 6.45) is -0.626. The largest absolute Gasteiger partial charge is 0.481 e. The lowest BCUT2D eigenvalue weighted by Gasteiger charge is -2.39. The van der Waals surface area contributed by atoms with Crippen molar-refractivity contribution in [2.75, 3.05) is 19.8 Å². The van der Waals surface area contributed by atoms with Gasteiger partial charge in [-0.15, -0.1) is 0 Å². The minimum absolute atomic E-state index is 0.257. The van der Waals surface area contributed by atoms with Gasteiger partial charge < -0.3 is 20.3 Å². The number of aliphatic hydroxyl groups excluding tert-OH is 1. The number of aliphatic carboxylic acids is 1. The van der Waals surface area contributed by atoms with Gasteiger partial charge in [0.05, 0.1) is 18.1 Å². The second-order valence-electron chi connectivity index (χ2n) is 5.25. The van der Waals surface area contributed by atoms with Crippen molar-refractivity contribution in [3.05, 3.63) is 0 Å². The molecule has 5 nitrogen and oxygen atoms in total. The van der Waals surface area contributed by atoms with Gasteiger partial charge in [0.1, 0.15) is 0 Å². The van der Waals surface area contributed by atoms with Gasteiger partial charge in [0.2, 0.25) is 0 Å². The number of rotatable bonds is 8. The van der Waals surface area contributed by atoms with Crippen molar-refractivity contribution in [3.8, 4) is 0 Å². The maximum atomic E-state index is 11.2. The van der Waals surface area contributed by atoms with Crippen LogP contribution in [0.1, 0.15) is 34.6 Å². The summed E-state index contributed by atoms with van der Waals surface area (Å²) in [4.78, 5) is 11.2. The maximum absolute atomic E-state index is 11.2. The van der Waals surface area contributed by atoms with E-state index in [1.54, 1.807) is 13.8 Å². The molecule has 0 aromatic heterocycles. The van der Waals surface area contributed by atoms with E-state index >= 15 is 0 Å². The fraction of sp³-hybridized carbons (Fsp3) is 0.917. The lowest BCUT2D eigenvalue weighted by atomic mass is 9.74. The van der Waals surface area contributed by atoms with E-state index in [4.69, 9.17) is 9.84 Å². The third-order valence-corrected chi connectivity index (χ3v) is 3.39. The highest BCUT2D eigenvalue weighted by Crippen LogP contribution is 2.30. The molecule has 0 aromatic rings. The van der Waals surface area contributed by atoms with Crippen LogP contribution in [0.25, 0.3) is 0 Å². The molecule has 0 fully saturated rings. The third-order valence-electron chi connectivity index (χ3n) is 3.39. The van der Waals surface area contributed by atoms with Gasteiger partial charge in [-0.05, 0) is 34.6 Å². The van der Waals surface area contributed by atoms with Gasteiger partial charge in [-0.3, -0.25) is 4.79 Å². The predicted octanol–water partition coefficient (Wildman–Crippen LogP) is 0.863. The van der Waals surface area contributed by atoms with Crippen molar-refractivity contribution in [2.45, 2.75) is 46.3 Å². The third kappa shape index (κ3) is 4.61. The second-order valence-corrected chi connectivity index (χ2v) is 5.25. The highest BCUT2D eigenvalue weighted by Gasteiger charge is 2.43.